The second kappa shape index (κ2) is 9.31. The molecule has 0 aliphatic carbocycles. The largest absolute Gasteiger partial charge is 0.491 e. The molecule has 0 radical (unpaired) electrons. The summed E-state index contributed by atoms with van der Waals surface area (Å²) in [5.41, 5.74) is -1.15. The molecule has 170 valence electrons. The van der Waals surface area contributed by atoms with E-state index in [0.29, 0.717) is 19.5 Å². The zero-order valence-electron chi connectivity index (χ0n) is 16.9. The van der Waals surface area contributed by atoms with Crippen molar-refractivity contribution < 1.29 is 35.5 Å². The number of amides is 1. The van der Waals surface area contributed by atoms with Gasteiger partial charge in [0.2, 0.25) is 5.09 Å². The van der Waals surface area contributed by atoms with Crippen molar-refractivity contribution in [1.29, 1.82) is 0 Å². The number of furan rings is 1. The zero-order chi connectivity index (χ0) is 22.6. The number of hydrogen-bond acceptors (Lipinski definition) is 5. The summed E-state index contributed by atoms with van der Waals surface area (Å²) in [7, 11) is -3.88. The van der Waals surface area contributed by atoms with Crippen LogP contribution in [0.2, 0.25) is 0 Å². The maximum Gasteiger partial charge on any atom is 0.416 e. The van der Waals surface area contributed by atoms with E-state index in [1.54, 1.807) is 0 Å². The van der Waals surface area contributed by atoms with Gasteiger partial charge in [0.15, 0.2) is 5.76 Å². The Morgan fingerprint density at radius 3 is 2.52 bits per heavy atom. The molecule has 1 fully saturated rings. The van der Waals surface area contributed by atoms with Crippen LogP contribution in [0.15, 0.2) is 39.8 Å². The van der Waals surface area contributed by atoms with E-state index in [9.17, 15) is 26.4 Å². The normalized spacial score (nSPS) is 15.6. The minimum absolute atomic E-state index is 0.0657. The van der Waals surface area contributed by atoms with Crippen LogP contribution in [-0.4, -0.2) is 38.3 Å². The van der Waals surface area contributed by atoms with Crippen LogP contribution >= 0.6 is 0 Å². The summed E-state index contributed by atoms with van der Waals surface area (Å²) in [6.07, 6.45) is -1.57. The summed E-state index contributed by atoms with van der Waals surface area (Å²) in [5, 5.41) is 1.94. The van der Waals surface area contributed by atoms with Gasteiger partial charge in [0.1, 0.15) is 5.75 Å². The third-order valence-corrected chi connectivity index (χ3v) is 6.50. The van der Waals surface area contributed by atoms with Gasteiger partial charge in [-0.15, -0.1) is 0 Å². The van der Waals surface area contributed by atoms with Gasteiger partial charge >= 0.3 is 6.18 Å². The molecule has 1 saturated heterocycles. The molecule has 1 aliphatic heterocycles. The first-order chi connectivity index (χ1) is 14.6. The topological polar surface area (TPSA) is 88.8 Å². The Morgan fingerprint density at radius 1 is 1.16 bits per heavy atom. The number of ether oxygens (including phenoxy) is 1. The molecule has 0 spiro atoms. The first-order valence-electron chi connectivity index (χ1n) is 9.88. The Labute approximate surface area is 178 Å². The first kappa shape index (κ1) is 23.1. The van der Waals surface area contributed by atoms with Gasteiger partial charge in [-0.05, 0) is 49.6 Å². The summed E-state index contributed by atoms with van der Waals surface area (Å²) in [4.78, 5) is 12.6. The van der Waals surface area contributed by atoms with E-state index in [-0.39, 0.29) is 28.9 Å². The molecule has 11 heteroatoms. The highest BCUT2D eigenvalue weighted by molar-refractivity contribution is 7.89. The van der Waals surface area contributed by atoms with Crippen LogP contribution in [0.3, 0.4) is 0 Å². The van der Waals surface area contributed by atoms with Crippen LogP contribution in [0.1, 0.15) is 48.7 Å². The van der Waals surface area contributed by atoms with Crippen LogP contribution in [0.4, 0.5) is 18.9 Å². The second-order valence-electron chi connectivity index (χ2n) is 7.09. The van der Waals surface area contributed by atoms with Crippen molar-refractivity contribution >= 4 is 21.6 Å². The molecule has 0 bridgehead atoms. The van der Waals surface area contributed by atoms with Crippen molar-refractivity contribution in [3.63, 3.8) is 0 Å². The van der Waals surface area contributed by atoms with Crippen LogP contribution in [0.25, 0.3) is 0 Å². The maximum absolute atomic E-state index is 13.1. The van der Waals surface area contributed by atoms with Crippen LogP contribution in [0.5, 0.6) is 5.75 Å². The standard InChI is InChI=1S/C20H23F3N2O5S/c1-2-12-29-16-7-6-14(20(21,22)23)13-15(16)24-19(26)17-8-9-18(30-17)31(27,28)25-10-4-3-5-11-25/h6-9,13H,2-5,10-12H2,1H3,(H,24,26). The van der Waals surface area contributed by atoms with Gasteiger partial charge in [0, 0.05) is 13.1 Å². The van der Waals surface area contributed by atoms with E-state index in [4.69, 9.17) is 9.15 Å². The number of anilines is 1. The molecular formula is C20H23F3N2O5S. The SMILES string of the molecule is CCCOc1ccc(C(F)(F)F)cc1NC(=O)c1ccc(S(=O)(=O)N2CCCCC2)o1. The second-order valence-corrected chi connectivity index (χ2v) is 8.96. The smallest absolute Gasteiger partial charge is 0.416 e. The monoisotopic (exact) mass is 460 g/mol. The van der Waals surface area contributed by atoms with Crippen molar-refractivity contribution in [2.24, 2.45) is 0 Å². The summed E-state index contributed by atoms with van der Waals surface area (Å²) in [5.74, 6) is -1.16. The summed E-state index contributed by atoms with van der Waals surface area (Å²) in [6.45, 7) is 2.81. The Hall–Kier alpha value is -2.53. The summed E-state index contributed by atoms with van der Waals surface area (Å²) < 4.78 is 76.5. The van der Waals surface area contributed by atoms with E-state index < -0.39 is 27.7 Å². The Kier molecular flexibility index (Phi) is 6.95. The lowest BCUT2D eigenvalue weighted by Crippen LogP contribution is -2.35. The highest BCUT2D eigenvalue weighted by atomic mass is 32.2. The molecule has 1 amide bonds. The number of rotatable bonds is 7. The lowest BCUT2D eigenvalue weighted by Gasteiger charge is -2.24. The van der Waals surface area contributed by atoms with E-state index in [1.807, 2.05) is 6.92 Å². The molecule has 2 aromatic rings. The van der Waals surface area contributed by atoms with Gasteiger partial charge in [-0.25, -0.2) is 8.42 Å². The third kappa shape index (κ3) is 5.40. The van der Waals surface area contributed by atoms with E-state index in [1.165, 1.54) is 16.4 Å². The minimum Gasteiger partial charge on any atom is -0.491 e. The van der Waals surface area contributed by atoms with Crippen molar-refractivity contribution in [2.75, 3.05) is 25.0 Å². The van der Waals surface area contributed by atoms with Crippen LogP contribution < -0.4 is 10.1 Å². The number of benzene rings is 1. The molecule has 31 heavy (non-hydrogen) atoms. The number of piperidine rings is 1. The predicted octanol–water partition coefficient (Wildman–Crippen LogP) is 4.51. The minimum atomic E-state index is -4.61. The Bertz CT molecular complexity index is 1030. The molecule has 0 unspecified atom stereocenters. The zero-order valence-corrected chi connectivity index (χ0v) is 17.7. The third-order valence-electron chi connectivity index (χ3n) is 4.73. The van der Waals surface area contributed by atoms with Gasteiger partial charge in [-0.2, -0.15) is 17.5 Å². The molecule has 7 nitrogen and oxygen atoms in total. The highest BCUT2D eigenvalue weighted by Gasteiger charge is 2.32. The lowest BCUT2D eigenvalue weighted by molar-refractivity contribution is -0.137. The predicted molar refractivity (Wildman–Crippen MR) is 107 cm³/mol. The van der Waals surface area contributed by atoms with E-state index >= 15 is 0 Å². The van der Waals surface area contributed by atoms with Gasteiger partial charge in [-0.1, -0.05) is 13.3 Å². The molecule has 1 N–H and O–H groups in total. The average Bonchev–Trinajstić information content (AvgIpc) is 3.24. The molecule has 2 heterocycles. The summed E-state index contributed by atoms with van der Waals surface area (Å²) in [6, 6.07) is 5.09. The number of alkyl halides is 3. The molecule has 0 saturated carbocycles. The van der Waals surface area contributed by atoms with Gasteiger partial charge in [0.25, 0.3) is 15.9 Å². The lowest BCUT2D eigenvalue weighted by atomic mass is 10.1. The number of nitrogens with zero attached hydrogens (tertiary/aromatic N) is 1. The van der Waals surface area contributed by atoms with E-state index in [2.05, 4.69) is 5.32 Å². The Balaban J connectivity index is 1.83. The van der Waals surface area contributed by atoms with E-state index in [0.717, 1.165) is 37.5 Å². The van der Waals surface area contributed by atoms with Crippen molar-refractivity contribution in [3.05, 3.63) is 41.7 Å². The average molecular weight is 460 g/mol. The molecule has 1 aromatic heterocycles. The summed E-state index contributed by atoms with van der Waals surface area (Å²) >= 11 is 0. The van der Waals surface area contributed by atoms with Gasteiger partial charge in [-0.3, -0.25) is 4.79 Å². The van der Waals surface area contributed by atoms with Gasteiger partial charge < -0.3 is 14.5 Å². The number of hydrogen-bond donors (Lipinski definition) is 1. The number of sulfonamides is 1. The number of halogens is 3. The quantitative estimate of drug-likeness (QED) is 0.657. The number of nitrogens with one attached hydrogen (secondary N) is 1. The van der Waals surface area contributed by atoms with Crippen molar-refractivity contribution in [3.8, 4) is 5.75 Å². The van der Waals surface area contributed by atoms with Crippen molar-refractivity contribution in [1.82, 2.24) is 4.31 Å². The molecular weight excluding hydrogens is 437 g/mol. The molecule has 1 aromatic carbocycles. The van der Waals surface area contributed by atoms with Crippen molar-refractivity contribution in [2.45, 2.75) is 43.9 Å². The molecule has 0 atom stereocenters. The fourth-order valence-electron chi connectivity index (χ4n) is 3.14. The van der Waals surface area contributed by atoms with Crippen LogP contribution in [0, 0.1) is 0 Å². The maximum atomic E-state index is 13.1. The fourth-order valence-corrected chi connectivity index (χ4v) is 4.57. The first-order valence-corrected chi connectivity index (χ1v) is 11.3. The molecule has 3 rings (SSSR count). The Morgan fingerprint density at radius 2 is 1.87 bits per heavy atom. The van der Waals surface area contributed by atoms with Crippen LogP contribution in [-0.2, 0) is 16.2 Å². The van der Waals surface area contributed by atoms with Gasteiger partial charge in [0.05, 0.1) is 17.9 Å². The highest BCUT2D eigenvalue weighted by Crippen LogP contribution is 2.35. The number of carbonyl (C=O) groups is 1. The number of carbonyl (C=O) groups excluding carboxylic acids is 1. The fraction of sp³-hybridized carbons (Fsp3) is 0.450. The molecule has 1 aliphatic rings.